The van der Waals surface area contributed by atoms with E-state index in [4.69, 9.17) is 27.9 Å². The highest BCUT2D eigenvalue weighted by Gasteiger charge is 2.34. The fourth-order valence-electron chi connectivity index (χ4n) is 5.17. The molecule has 8 nitrogen and oxygen atoms in total. The van der Waals surface area contributed by atoms with Crippen molar-refractivity contribution in [1.82, 2.24) is 10.2 Å². The number of benzene rings is 3. The van der Waals surface area contributed by atoms with Gasteiger partial charge in [0.25, 0.3) is 0 Å². The maximum absolute atomic E-state index is 14.2. The minimum absolute atomic E-state index is 0.0323. The molecule has 4 rings (SSSR count). The molecule has 1 fully saturated rings. The number of carbonyl (C=O) groups excluding carboxylic acids is 2. The van der Waals surface area contributed by atoms with E-state index in [1.165, 1.54) is 23.1 Å². The summed E-state index contributed by atoms with van der Waals surface area (Å²) in [4.78, 5) is 29.6. The molecular formula is C31H35Cl2N3O5S. The fraction of sp³-hybridized carbons (Fsp3) is 0.355. The lowest BCUT2D eigenvalue weighted by molar-refractivity contribution is -0.140. The third kappa shape index (κ3) is 8.40. The normalized spacial score (nSPS) is 14.3. The summed E-state index contributed by atoms with van der Waals surface area (Å²) in [6, 6.07) is 20.2. The number of hydrogen-bond donors (Lipinski definition) is 1. The number of carbonyl (C=O) groups is 2. The van der Waals surface area contributed by atoms with Crippen LogP contribution in [0.5, 0.6) is 5.75 Å². The molecule has 11 heteroatoms. The molecule has 0 unspecified atom stereocenters. The van der Waals surface area contributed by atoms with Crippen LogP contribution in [0.2, 0.25) is 10.0 Å². The van der Waals surface area contributed by atoms with E-state index in [0.717, 1.165) is 47.4 Å². The number of rotatable bonds is 12. The van der Waals surface area contributed by atoms with Gasteiger partial charge in [0.1, 0.15) is 18.3 Å². The van der Waals surface area contributed by atoms with E-state index in [1.54, 1.807) is 25.3 Å². The van der Waals surface area contributed by atoms with Crippen LogP contribution in [0.25, 0.3) is 0 Å². The predicted molar refractivity (Wildman–Crippen MR) is 167 cm³/mol. The summed E-state index contributed by atoms with van der Waals surface area (Å²) in [6.45, 7) is -0.510. The van der Waals surface area contributed by atoms with Gasteiger partial charge in [0.15, 0.2) is 0 Å². The van der Waals surface area contributed by atoms with E-state index in [0.29, 0.717) is 10.8 Å². The van der Waals surface area contributed by atoms with Gasteiger partial charge in [-0.25, -0.2) is 8.42 Å². The van der Waals surface area contributed by atoms with Crippen LogP contribution in [0.15, 0.2) is 72.8 Å². The highest BCUT2D eigenvalue weighted by molar-refractivity contribution is 7.92. The third-order valence-electron chi connectivity index (χ3n) is 7.32. The minimum Gasteiger partial charge on any atom is -0.497 e. The van der Waals surface area contributed by atoms with Crippen molar-refractivity contribution in [2.45, 2.75) is 50.7 Å². The summed E-state index contributed by atoms with van der Waals surface area (Å²) in [5.41, 5.74) is 1.71. The van der Waals surface area contributed by atoms with E-state index >= 15 is 0 Å². The van der Waals surface area contributed by atoms with Crippen LogP contribution in [-0.2, 0) is 32.6 Å². The third-order valence-corrected chi connectivity index (χ3v) is 8.98. The number of nitrogens with zero attached hydrogens (tertiary/aromatic N) is 2. The fourth-order valence-corrected chi connectivity index (χ4v) is 6.59. The maximum Gasteiger partial charge on any atom is 0.244 e. The van der Waals surface area contributed by atoms with Crippen LogP contribution in [0.4, 0.5) is 5.69 Å². The van der Waals surface area contributed by atoms with Gasteiger partial charge in [-0.3, -0.25) is 13.9 Å². The van der Waals surface area contributed by atoms with E-state index in [-0.39, 0.29) is 35.6 Å². The number of hydrogen-bond acceptors (Lipinski definition) is 5. The predicted octanol–water partition coefficient (Wildman–Crippen LogP) is 5.47. The van der Waals surface area contributed by atoms with Gasteiger partial charge in [-0.15, -0.1) is 0 Å². The van der Waals surface area contributed by atoms with Crippen molar-refractivity contribution in [2.24, 2.45) is 0 Å². The highest BCUT2D eigenvalue weighted by Crippen LogP contribution is 2.31. The van der Waals surface area contributed by atoms with Gasteiger partial charge >= 0.3 is 0 Å². The first-order valence-corrected chi connectivity index (χ1v) is 16.3. The summed E-state index contributed by atoms with van der Waals surface area (Å²) in [7, 11) is -2.40. The number of methoxy groups -OCH3 is 1. The highest BCUT2D eigenvalue weighted by atomic mass is 35.5. The molecule has 1 N–H and O–H groups in total. The number of anilines is 1. The molecule has 0 aromatic heterocycles. The summed E-state index contributed by atoms with van der Waals surface area (Å²) in [5.74, 6) is -0.241. The van der Waals surface area contributed by atoms with Crippen molar-refractivity contribution < 1.29 is 22.7 Å². The second-order valence-corrected chi connectivity index (χ2v) is 13.2. The Morgan fingerprint density at radius 1 is 0.976 bits per heavy atom. The number of sulfonamides is 1. The van der Waals surface area contributed by atoms with Gasteiger partial charge in [-0.05, 0) is 54.3 Å². The van der Waals surface area contributed by atoms with Crippen molar-refractivity contribution in [3.63, 3.8) is 0 Å². The van der Waals surface area contributed by atoms with Crippen molar-refractivity contribution in [3.8, 4) is 5.75 Å². The van der Waals surface area contributed by atoms with Crippen molar-refractivity contribution in [3.05, 3.63) is 94.0 Å². The van der Waals surface area contributed by atoms with E-state index in [1.807, 2.05) is 36.4 Å². The van der Waals surface area contributed by atoms with Crippen LogP contribution in [0.3, 0.4) is 0 Å². The molecule has 2 amide bonds. The zero-order valence-electron chi connectivity index (χ0n) is 23.6. The average molecular weight is 633 g/mol. The largest absolute Gasteiger partial charge is 0.497 e. The SMILES string of the molecule is COc1cccc(CN(C(=O)CN(c2ccc(Cl)cc2Cl)S(C)(=O)=O)[C@@H](Cc2ccccc2)C(=O)NC2CCCC2)c1. The van der Waals surface area contributed by atoms with Gasteiger partial charge in [0.05, 0.1) is 24.1 Å². The first kappa shape index (κ1) is 31.7. The number of halogens is 2. The molecule has 3 aromatic rings. The summed E-state index contributed by atoms with van der Waals surface area (Å²) in [5, 5.41) is 3.56. The average Bonchev–Trinajstić information content (AvgIpc) is 3.47. The Labute approximate surface area is 257 Å². The van der Waals surface area contributed by atoms with E-state index in [2.05, 4.69) is 5.32 Å². The monoisotopic (exact) mass is 631 g/mol. The first-order valence-electron chi connectivity index (χ1n) is 13.7. The Bertz CT molecular complexity index is 1500. The Morgan fingerprint density at radius 2 is 1.67 bits per heavy atom. The summed E-state index contributed by atoms with van der Waals surface area (Å²) < 4.78 is 32.3. The molecular weight excluding hydrogens is 597 g/mol. The van der Waals surface area contributed by atoms with Gasteiger partial charge in [-0.2, -0.15) is 0 Å². The van der Waals surface area contributed by atoms with Crippen molar-refractivity contribution >= 4 is 50.7 Å². The van der Waals surface area contributed by atoms with Gasteiger partial charge in [0, 0.05) is 24.0 Å². The first-order chi connectivity index (χ1) is 20.0. The molecule has 3 aromatic carbocycles. The molecule has 0 aliphatic heterocycles. The maximum atomic E-state index is 14.2. The smallest absolute Gasteiger partial charge is 0.244 e. The molecule has 1 atom stereocenters. The zero-order chi connectivity index (χ0) is 30.3. The summed E-state index contributed by atoms with van der Waals surface area (Å²) in [6.07, 6.45) is 5.08. The second kappa shape index (κ2) is 14.3. The van der Waals surface area contributed by atoms with Gasteiger partial charge < -0.3 is 15.0 Å². The lowest BCUT2D eigenvalue weighted by Gasteiger charge is -2.34. The van der Waals surface area contributed by atoms with Crippen LogP contribution in [0, 0.1) is 0 Å². The summed E-state index contributed by atoms with van der Waals surface area (Å²) >= 11 is 12.4. The van der Waals surface area contributed by atoms with Gasteiger partial charge in [0.2, 0.25) is 21.8 Å². The van der Waals surface area contributed by atoms with Gasteiger partial charge in [-0.1, -0.05) is 78.5 Å². The number of nitrogens with one attached hydrogen (secondary N) is 1. The molecule has 1 aliphatic rings. The second-order valence-electron chi connectivity index (χ2n) is 10.4. The zero-order valence-corrected chi connectivity index (χ0v) is 26.0. The molecule has 224 valence electrons. The minimum atomic E-state index is -3.95. The Balaban J connectivity index is 1.75. The van der Waals surface area contributed by atoms with Crippen LogP contribution < -0.4 is 14.4 Å². The standard InChI is InChI=1S/C31H35Cl2N3O5S/c1-41-26-14-8-11-23(17-26)20-35(30(37)21-36(42(2,39)40)28-16-15-24(32)19-27(28)33)29(18-22-9-4-3-5-10-22)31(38)34-25-12-6-7-13-25/h3-5,8-11,14-17,19,25,29H,6-7,12-13,18,20-21H2,1-2H3,(H,34,38)/t29-/m0/s1. The lowest BCUT2D eigenvalue weighted by atomic mass is 10.0. The van der Waals surface area contributed by atoms with E-state index < -0.39 is 28.5 Å². The van der Waals surface area contributed by atoms with Crippen molar-refractivity contribution in [2.75, 3.05) is 24.2 Å². The molecule has 1 aliphatic carbocycles. The Kier molecular flexibility index (Phi) is 10.8. The van der Waals surface area contributed by atoms with Crippen LogP contribution >= 0.6 is 23.2 Å². The molecule has 42 heavy (non-hydrogen) atoms. The van der Waals surface area contributed by atoms with Crippen molar-refractivity contribution in [1.29, 1.82) is 0 Å². The molecule has 0 bridgehead atoms. The quantitative estimate of drug-likeness (QED) is 0.286. The van der Waals surface area contributed by atoms with Crippen LogP contribution in [0.1, 0.15) is 36.8 Å². The lowest BCUT2D eigenvalue weighted by Crippen LogP contribution is -2.54. The molecule has 1 saturated carbocycles. The Hall–Kier alpha value is -3.27. The number of amides is 2. The van der Waals surface area contributed by atoms with E-state index in [9.17, 15) is 18.0 Å². The Morgan fingerprint density at radius 3 is 2.31 bits per heavy atom. The molecule has 0 radical (unpaired) electrons. The molecule has 0 heterocycles. The number of ether oxygens (including phenoxy) is 1. The molecule has 0 spiro atoms. The van der Waals surface area contributed by atoms with Crippen LogP contribution in [-0.4, -0.2) is 57.1 Å². The molecule has 0 saturated heterocycles. The topological polar surface area (TPSA) is 96.0 Å².